The molecule has 0 heterocycles. The van der Waals surface area contributed by atoms with E-state index >= 15 is 0 Å². The van der Waals surface area contributed by atoms with Gasteiger partial charge in [0.1, 0.15) is 5.75 Å². The number of nitrogens with one attached hydrogen (secondary N) is 1. The average molecular weight is 293 g/mol. The van der Waals surface area contributed by atoms with Gasteiger partial charge in [-0.3, -0.25) is 0 Å². The molecule has 2 rings (SSSR count). The lowest BCUT2D eigenvalue weighted by Gasteiger charge is -2.40. The third kappa shape index (κ3) is 4.19. The van der Waals surface area contributed by atoms with Crippen LogP contribution in [-0.4, -0.2) is 36.0 Å². The summed E-state index contributed by atoms with van der Waals surface area (Å²) in [5, 5.41) is 23.5. The summed E-state index contributed by atoms with van der Waals surface area (Å²) >= 11 is 0. The first kappa shape index (κ1) is 16.3. The van der Waals surface area contributed by atoms with E-state index in [1.54, 1.807) is 7.11 Å². The van der Waals surface area contributed by atoms with Crippen LogP contribution in [0.15, 0.2) is 24.3 Å². The second kappa shape index (κ2) is 7.25. The van der Waals surface area contributed by atoms with Crippen molar-refractivity contribution < 1.29 is 14.9 Å². The van der Waals surface area contributed by atoms with E-state index in [4.69, 9.17) is 4.74 Å². The van der Waals surface area contributed by atoms with Gasteiger partial charge >= 0.3 is 0 Å². The molecule has 0 spiro atoms. The molecule has 3 atom stereocenters. The molecule has 0 amide bonds. The van der Waals surface area contributed by atoms with Crippen molar-refractivity contribution in [2.75, 3.05) is 20.3 Å². The number of methoxy groups -OCH3 is 1. The van der Waals surface area contributed by atoms with Crippen molar-refractivity contribution >= 4 is 0 Å². The molecule has 0 radical (unpaired) electrons. The van der Waals surface area contributed by atoms with E-state index in [0.29, 0.717) is 12.5 Å². The highest BCUT2D eigenvalue weighted by atomic mass is 16.5. The fraction of sp³-hybridized carbons (Fsp3) is 0.647. The quantitative estimate of drug-likeness (QED) is 0.753. The van der Waals surface area contributed by atoms with E-state index in [1.807, 2.05) is 24.3 Å². The van der Waals surface area contributed by atoms with Crippen molar-refractivity contribution in [2.24, 2.45) is 5.92 Å². The van der Waals surface area contributed by atoms with Gasteiger partial charge in [0.2, 0.25) is 0 Å². The van der Waals surface area contributed by atoms with E-state index in [9.17, 15) is 10.2 Å². The third-order valence-corrected chi connectivity index (χ3v) is 4.57. The van der Waals surface area contributed by atoms with Crippen LogP contribution >= 0.6 is 0 Å². The molecule has 0 aromatic heterocycles. The van der Waals surface area contributed by atoms with E-state index in [1.165, 1.54) is 6.42 Å². The summed E-state index contributed by atoms with van der Waals surface area (Å²) in [6.45, 7) is 2.82. The highest BCUT2D eigenvalue weighted by Gasteiger charge is 2.34. The largest absolute Gasteiger partial charge is 0.497 e. The summed E-state index contributed by atoms with van der Waals surface area (Å²) in [5.41, 5.74) is 0.630. The molecule has 1 aliphatic carbocycles. The Bertz CT molecular complexity index is 434. The van der Waals surface area contributed by atoms with Crippen LogP contribution in [0.2, 0.25) is 0 Å². The standard InChI is InChI=1S/C17H27NO3/c1-13-4-3-9-17(10-13,12-19)18-11-16(20)14-5-7-15(21-2)8-6-14/h5-8,13,16,18-20H,3-4,9-12H2,1-2H3. The molecule has 1 aromatic rings. The second-order valence-corrected chi connectivity index (χ2v) is 6.31. The number of rotatable bonds is 6. The SMILES string of the molecule is COc1ccc(C(O)CNC2(CO)CCCC(C)C2)cc1. The molecule has 1 aromatic carbocycles. The Labute approximate surface area is 127 Å². The Morgan fingerprint density at radius 3 is 2.67 bits per heavy atom. The molecule has 0 saturated heterocycles. The molecule has 4 nitrogen and oxygen atoms in total. The maximum atomic E-state index is 10.3. The van der Waals surface area contributed by atoms with E-state index < -0.39 is 6.10 Å². The molecular weight excluding hydrogens is 266 g/mol. The molecule has 21 heavy (non-hydrogen) atoms. The number of hydrogen-bond acceptors (Lipinski definition) is 4. The Morgan fingerprint density at radius 2 is 2.10 bits per heavy atom. The van der Waals surface area contributed by atoms with Gasteiger partial charge in [-0.15, -0.1) is 0 Å². The first-order valence-corrected chi connectivity index (χ1v) is 7.76. The molecule has 1 fully saturated rings. The first-order chi connectivity index (χ1) is 10.1. The van der Waals surface area contributed by atoms with Gasteiger partial charge in [0, 0.05) is 12.1 Å². The maximum absolute atomic E-state index is 10.3. The van der Waals surface area contributed by atoms with Crippen LogP contribution < -0.4 is 10.1 Å². The molecule has 1 saturated carbocycles. The van der Waals surface area contributed by atoms with Gasteiger partial charge in [0.15, 0.2) is 0 Å². The minimum Gasteiger partial charge on any atom is -0.497 e. The highest BCUT2D eigenvalue weighted by Crippen LogP contribution is 2.32. The summed E-state index contributed by atoms with van der Waals surface area (Å²) < 4.78 is 5.12. The number of aliphatic hydroxyl groups excluding tert-OH is 2. The lowest BCUT2D eigenvalue weighted by atomic mass is 9.76. The summed E-state index contributed by atoms with van der Waals surface area (Å²) in [5.74, 6) is 1.41. The summed E-state index contributed by atoms with van der Waals surface area (Å²) in [6.07, 6.45) is 3.73. The van der Waals surface area contributed by atoms with Crippen LogP contribution in [0.4, 0.5) is 0 Å². The Morgan fingerprint density at radius 1 is 1.38 bits per heavy atom. The summed E-state index contributed by atoms with van der Waals surface area (Å²) in [7, 11) is 1.63. The van der Waals surface area contributed by atoms with Gasteiger partial charge < -0.3 is 20.3 Å². The zero-order valence-electron chi connectivity index (χ0n) is 13.0. The van der Waals surface area contributed by atoms with E-state index in [-0.39, 0.29) is 12.1 Å². The van der Waals surface area contributed by atoms with Gasteiger partial charge in [-0.05, 0) is 36.5 Å². The van der Waals surface area contributed by atoms with Crippen molar-refractivity contribution in [3.8, 4) is 5.75 Å². The smallest absolute Gasteiger partial charge is 0.118 e. The third-order valence-electron chi connectivity index (χ3n) is 4.57. The van der Waals surface area contributed by atoms with Gasteiger partial charge in [-0.25, -0.2) is 0 Å². The molecule has 0 aliphatic heterocycles. The molecule has 118 valence electrons. The molecular formula is C17H27NO3. The van der Waals surface area contributed by atoms with Gasteiger partial charge in [0.05, 0.1) is 19.8 Å². The molecule has 1 aliphatic rings. The number of aliphatic hydroxyl groups is 2. The van der Waals surface area contributed by atoms with Gasteiger partial charge in [-0.1, -0.05) is 31.9 Å². The Hall–Kier alpha value is -1.10. The topological polar surface area (TPSA) is 61.7 Å². The molecule has 3 N–H and O–H groups in total. The van der Waals surface area contributed by atoms with Crippen molar-refractivity contribution in [2.45, 2.75) is 44.2 Å². The van der Waals surface area contributed by atoms with Crippen LogP contribution in [0.1, 0.15) is 44.3 Å². The van der Waals surface area contributed by atoms with Crippen molar-refractivity contribution in [3.05, 3.63) is 29.8 Å². The minimum absolute atomic E-state index is 0.132. The van der Waals surface area contributed by atoms with Crippen molar-refractivity contribution in [1.82, 2.24) is 5.32 Å². The molecule has 0 bridgehead atoms. The van der Waals surface area contributed by atoms with Crippen LogP contribution in [0.25, 0.3) is 0 Å². The van der Waals surface area contributed by atoms with Gasteiger partial charge in [0.25, 0.3) is 0 Å². The van der Waals surface area contributed by atoms with Crippen molar-refractivity contribution in [1.29, 1.82) is 0 Å². The number of β-amino-alcohol motifs (C(OH)–C–C–N with tert-alkyl or cyclic N) is 1. The zero-order chi connectivity index (χ0) is 15.3. The van der Waals surface area contributed by atoms with Crippen LogP contribution in [0.5, 0.6) is 5.75 Å². The van der Waals surface area contributed by atoms with E-state index in [0.717, 1.165) is 30.6 Å². The first-order valence-electron chi connectivity index (χ1n) is 7.76. The molecule has 4 heteroatoms. The minimum atomic E-state index is -0.573. The van der Waals surface area contributed by atoms with Crippen LogP contribution in [0, 0.1) is 5.92 Å². The lowest BCUT2D eigenvalue weighted by Crippen LogP contribution is -2.52. The molecule has 3 unspecified atom stereocenters. The predicted molar refractivity (Wildman–Crippen MR) is 83.4 cm³/mol. The average Bonchev–Trinajstić information content (AvgIpc) is 2.53. The van der Waals surface area contributed by atoms with Crippen LogP contribution in [-0.2, 0) is 0 Å². The summed E-state index contributed by atoms with van der Waals surface area (Å²) in [6, 6.07) is 7.45. The maximum Gasteiger partial charge on any atom is 0.118 e. The van der Waals surface area contributed by atoms with Gasteiger partial charge in [-0.2, -0.15) is 0 Å². The second-order valence-electron chi connectivity index (χ2n) is 6.31. The summed E-state index contributed by atoms with van der Waals surface area (Å²) in [4.78, 5) is 0. The number of benzene rings is 1. The monoisotopic (exact) mass is 293 g/mol. The highest BCUT2D eigenvalue weighted by molar-refractivity contribution is 5.28. The fourth-order valence-electron chi connectivity index (χ4n) is 3.28. The lowest BCUT2D eigenvalue weighted by molar-refractivity contribution is 0.0789. The Balaban J connectivity index is 1.93. The normalized spacial score (nSPS) is 27.3. The predicted octanol–water partition coefficient (Wildman–Crippen LogP) is 2.26. The van der Waals surface area contributed by atoms with E-state index in [2.05, 4.69) is 12.2 Å². The number of hydrogen-bond donors (Lipinski definition) is 3. The zero-order valence-corrected chi connectivity index (χ0v) is 13.0. The van der Waals surface area contributed by atoms with Crippen molar-refractivity contribution in [3.63, 3.8) is 0 Å². The fourth-order valence-corrected chi connectivity index (χ4v) is 3.28. The number of ether oxygens (including phenoxy) is 1. The Kier molecular flexibility index (Phi) is 5.62. The van der Waals surface area contributed by atoms with Crippen LogP contribution in [0.3, 0.4) is 0 Å².